The Morgan fingerprint density at radius 1 is 1.16 bits per heavy atom. The highest BCUT2D eigenvalue weighted by atomic mass is 79.9. The fourth-order valence-electron chi connectivity index (χ4n) is 2.13. The maximum Gasteiger partial charge on any atom is 0.270 e. The molecule has 2 aromatic carbocycles. The van der Waals surface area contributed by atoms with Crippen molar-refractivity contribution in [2.24, 2.45) is 0 Å². The van der Waals surface area contributed by atoms with Crippen molar-refractivity contribution in [1.82, 2.24) is 10.9 Å². The first-order valence-electron chi connectivity index (χ1n) is 7.16. The van der Waals surface area contributed by atoms with Gasteiger partial charge < -0.3 is 9.47 Å². The minimum absolute atomic E-state index is 0.115. The van der Waals surface area contributed by atoms with Gasteiger partial charge in [0, 0.05) is 10.5 Å². The van der Waals surface area contributed by atoms with Crippen molar-refractivity contribution in [3.8, 4) is 11.5 Å². The van der Waals surface area contributed by atoms with E-state index < -0.39 is 11.8 Å². The Kier molecular flexibility index (Phi) is 5.25. The van der Waals surface area contributed by atoms with Crippen molar-refractivity contribution in [2.45, 2.75) is 0 Å². The van der Waals surface area contributed by atoms with E-state index in [9.17, 15) is 9.59 Å². The molecule has 0 saturated heterocycles. The number of carbonyl (C=O) groups excluding carboxylic acids is 2. The summed E-state index contributed by atoms with van der Waals surface area (Å²) >= 11 is 9.35. The van der Waals surface area contributed by atoms with E-state index in [1.807, 2.05) is 0 Å². The molecular weight excluding hydrogens is 412 g/mol. The Hall–Kier alpha value is -2.51. The summed E-state index contributed by atoms with van der Waals surface area (Å²) < 4.78 is 11.1. The highest BCUT2D eigenvalue weighted by molar-refractivity contribution is 9.10. The number of fused-ring (bicyclic) bond motifs is 1. The maximum atomic E-state index is 12.0. The van der Waals surface area contributed by atoms with Crippen LogP contribution in [0.25, 0.3) is 6.08 Å². The highest BCUT2D eigenvalue weighted by Crippen LogP contribution is 2.40. The molecule has 8 heteroatoms. The predicted molar refractivity (Wildman–Crippen MR) is 96.4 cm³/mol. The first-order valence-corrected chi connectivity index (χ1v) is 8.34. The molecule has 3 rings (SSSR count). The molecule has 0 spiro atoms. The summed E-state index contributed by atoms with van der Waals surface area (Å²) in [7, 11) is 0. The molecule has 0 bridgehead atoms. The molecule has 1 aliphatic rings. The molecule has 128 valence electrons. The molecule has 6 nitrogen and oxygen atoms in total. The van der Waals surface area contributed by atoms with Crippen LogP contribution >= 0.6 is 27.5 Å². The van der Waals surface area contributed by atoms with Crippen LogP contribution in [-0.4, -0.2) is 18.6 Å². The molecular formula is C17H12BrClN2O4. The third kappa shape index (κ3) is 4.12. The zero-order valence-corrected chi connectivity index (χ0v) is 15.1. The van der Waals surface area contributed by atoms with Gasteiger partial charge in [0.1, 0.15) is 0 Å². The number of ether oxygens (including phenoxy) is 2. The number of nitrogens with one attached hydrogen (secondary N) is 2. The van der Waals surface area contributed by atoms with Gasteiger partial charge in [-0.25, -0.2) is 0 Å². The number of rotatable bonds is 3. The summed E-state index contributed by atoms with van der Waals surface area (Å²) in [5.41, 5.74) is 5.73. The molecule has 2 amide bonds. The van der Waals surface area contributed by atoms with Crippen molar-refractivity contribution >= 4 is 45.4 Å². The molecule has 2 aromatic rings. The van der Waals surface area contributed by atoms with Gasteiger partial charge in [-0.15, -0.1) is 0 Å². The molecule has 1 aliphatic heterocycles. The topological polar surface area (TPSA) is 76.7 Å². The van der Waals surface area contributed by atoms with Crippen LogP contribution in [-0.2, 0) is 4.79 Å². The Labute approximate surface area is 156 Å². The maximum absolute atomic E-state index is 12.0. The third-order valence-corrected chi connectivity index (χ3v) is 4.27. The molecule has 25 heavy (non-hydrogen) atoms. The average molecular weight is 424 g/mol. The highest BCUT2D eigenvalue weighted by Gasteiger charge is 2.17. The van der Waals surface area contributed by atoms with Gasteiger partial charge in [0.15, 0.2) is 11.5 Å². The lowest BCUT2D eigenvalue weighted by molar-refractivity contribution is -0.117. The lowest BCUT2D eigenvalue weighted by atomic mass is 10.2. The SMILES string of the molecule is O=C(/C=C/c1cc(Cl)c2c(c1)OCO2)NNC(=O)c1ccccc1Br. The molecule has 0 aliphatic carbocycles. The van der Waals surface area contributed by atoms with E-state index in [2.05, 4.69) is 26.8 Å². The van der Waals surface area contributed by atoms with Crippen molar-refractivity contribution in [3.63, 3.8) is 0 Å². The van der Waals surface area contributed by atoms with Gasteiger partial charge in [-0.2, -0.15) is 0 Å². The summed E-state index contributed by atoms with van der Waals surface area (Å²) in [5.74, 6) is 0.0910. The molecule has 0 fully saturated rings. The van der Waals surface area contributed by atoms with E-state index in [4.69, 9.17) is 21.1 Å². The average Bonchev–Trinajstić information content (AvgIpc) is 3.07. The van der Waals surface area contributed by atoms with E-state index in [1.54, 1.807) is 42.5 Å². The lowest BCUT2D eigenvalue weighted by Gasteiger charge is -2.06. The molecule has 2 N–H and O–H groups in total. The number of amides is 2. The molecule has 0 radical (unpaired) electrons. The van der Waals surface area contributed by atoms with Crippen LogP contribution in [0.15, 0.2) is 46.9 Å². The zero-order chi connectivity index (χ0) is 17.8. The van der Waals surface area contributed by atoms with Gasteiger partial charge in [-0.05, 0) is 51.8 Å². The number of hydrogen-bond donors (Lipinski definition) is 2. The Morgan fingerprint density at radius 3 is 2.76 bits per heavy atom. The van der Waals surface area contributed by atoms with Crippen LogP contribution in [0.3, 0.4) is 0 Å². The second-order valence-corrected chi connectivity index (χ2v) is 6.25. The minimum atomic E-state index is -0.491. The minimum Gasteiger partial charge on any atom is -0.454 e. The smallest absolute Gasteiger partial charge is 0.270 e. The second kappa shape index (κ2) is 7.58. The number of hydrogen-bond acceptors (Lipinski definition) is 4. The Bertz CT molecular complexity index is 870. The van der Waals surface area contributed by atoms with Gasteiger partial charge in [-0.3, -0.25) is 20.4 Å². The number of benzene rings is 2. The van der Waals surface area contributed by atoms with Gasteiger partial charge in [0.25, 0.3) is 11.8 Å². The van der Waals surface area contributed by atoms with Gasteiger partial charge >= 0.3 is 0 Å². The normalized spacial score (nSPS) is 12.2. The van der Waals surface area contributed by atoms with Crippen LogP contribution in [0, 0.1) is 0 Å². The van der Waals surface area contributed by atoms with Crippen LogP contribution in [0.5, 0.6) is 11.5 Å². The lowest BCUT2D eigenvalue weighted by Crippen LogP contribution is -2.40. The van der Waals surface area contributed by atoms with E-state index in [0.717, 1.165) is 0 Å². The van der Waals surface area contributed by atoms with Crippen molar-refractivity contribution < 1.29 is 19.1 Å². The predicted octanol–water partition coefficient (Wildman–Crippen LogP) is 3.31. The van der Waals surface area contributed by atoms with Crippen molar-refractivity contribution in [2.75, 3.05) is 6.79 Å². The molecule has 0 aromatic heterocycles. The second-order valence-electron chi connectivity index (χ2n) is 4.99. The van der Waals surface area contributed by atoms with Crippen molar-refractivity contribution in [3.05, 3.63) is 63.1 Å². The van der Waals surface area contributed by atoms with E-state index in [0.29, 0.717) is 32.1 Å². The fourth-order valence-corrected chi connectivity index (χ4v) is 2.87. The third-order valence-electron chi connectivity index (χ3n) is 3.29. The summed E-state index contributed by atoms with van der Waals surface area (Å²) in [6.45, 7) is 0.115. The van der Waals surface area contributed by atoms with Crippen LogP contribution in [0.2, 0.25) is 5.02 Å². The standard InChI is InChI=1S/C17H12BrClN2O4/c18-12-4-2-1-3-11(12)17(23)21-20-15(22)6-5-10-7-13(19)16-14(8-10)24-9-25-16/h1-8H,9H2,(H,20,22)(H,21,23)/b6-5+. The van der Waals surface area contributed by atoms with Crippen molar-refractivity contribution in [1.29, 1.82) is 0 Å². The first-order chi connectivity index (χ1) is 12.0. The van der Waals surface area contributed by atoms with E-state index in [-0.39, 0.29) is 6.79 Å². The molecule has 0 unspecified atom stereocenters. The largest absolute Gasteiger partial charge is 0.454 e. The summed E-state index contributed by atoms with van der Waals surface area (Å²) in [5, 5.41) is 0.400. The first kappa shape index (κ1) is 17.3. The van der Waals surface area contributed by atoms with Gasteiger partial charge in [-0.1, -0.05) is 23.7 Å². The number of halogens is 2. The monoisotopic (exact) mass is 422 g/mol. The quantitative estimate of drug-likeness (QED) is 0.587. The fraction of sp³-hybridized carbons (Fsp3) is 0.0588. The Morgan fingerprint density at radius 2 is 1.96 bits per heavy atom. The van der Waals surface area contributed by atoms with E-state index in [1.165, 1.54) is 6.08 Å². The van der Waals surface area contributed by atoms with Gasteiger partial charge in [0.2, 0.25) is 6.79 Å². The van der Waals surface area contributed by atoms with Crippen LogP contribution < -0.4 is 20.3 Å². The summed E-state index contributed by atoms with van der Waals surface area (Å²) in [4.78, 5) is 23.8. The number of hydrazine groups is 1. The molecule has 0 saturated carbocycles. The van der Waals surface area contributed by atoms with E-state index >= 15 is 0 Å². The summed E-state index contributed by atoms with van der Waals surface area (Å²) in [6.07, 6.45) is 2.82. The molecule has 0 atom stereocenters. The zero-order valence-electron chi connectivity index (χ0n) is 12.7. The molecule has 1 heterocycles. The Balaban J connectivity index is 1.59. The summed E-state index contributed by atoms with van der Waals surface area (Å²) in [6, 6.07) is 10.2. The van der Waals surface area contributed by atoms with Crippen LogP contribution in [0.1, 0.15) is 15.9 Å². The van der Waals surface area contributed by atoms with Gasteiger partial charge in [0.05, 0.1) is 10.6 Å². The van der Waals surface area contributed by atoms with Crippen LogP contribution in [0.4, 0.5) is 0 Å². The number of carbonyl (C=O) groups is 2.